The highest BCUT2D eigenvalue weighted by atomic mass is 32.2. The van der Waals surface area contributed by atoms with Crippen LogP contribution in [0.5, 0.6) is 0 Å². The molecule has 0 saturated carbocycles. The number of thioether (sulfide) groups is 1. The predicted octanol–water partition coefficient (Wildman–Crippen LogP) is 0.496. The van der Waals surface area contributed by atoms with E-state index >= 15 is 0 Å². The van der Waals surface area contributed by atoms with Gasteiger partial charge in [0.1, 0.15) is 11.5 Å². The van der Waals surface area contributed by atoms with Crippen LogP contribution in [-0.4, -0.2) is 97.2 Å². The molecule has 0 aliphatic carbocycles. The van der Waals surface area contributed by atoms with Gasteiger partial charge in [0, 0.05) is 34.6 Å². The molecule has 0 bridgehead atoms. The monoisotopic (exact) mass is 536 g/mol. The van der Waals surface area contributed by atoms with E-state index in [1.807, 2.05) is 6.92 Å². The van der Waals surface area contributed by atoms with Gasteiger partial charge in [-0.25, -0.2) is 0 Å². The fraction of sp³-hybridized carbons (Fsp3) is 0.773. The average Bonchev–Trinajstić information content (AvgIpc) is 2.74. The lowest BCUT2D eigenvalue weighted by Gasteiger charge is -2.44. The van der Waals surface area contributed by atoms with Gasteiger partial charge in [0.2, 0.25) is 0 Å². The molecule has 0 N–H and O–H groups in total. The van der Waals surface area contributed by atoms with Gasteiger partial charge in [0.15, 0.2) is 36.8 Å². The minimum atomic E-state index is -1.35. The molecule has 2 aliphatic rings. The first-order chi connectivity index (χ1) is 16.9. The van der Waals surface area contributed by atoms with Gasteiger partial charge in [-0.05, 0) is 5.75 Å². The van der Waals surface area contributed by atoms with Crippen molar-refractivity contribution in [1.29, 1.82) is 0 Å². The summed E-state index contributed by atoms with van der Waals surface area (Å²) < 4.78 is 44.3. The van der Waals surface area contributed by atoms with Crippen LogP contribution in [0.1, 0.15) is 41.5 Å². The Hall–Kier alpha value is -2.42. The molecule has 0 unspecified atom stereocenters. The molecule has 8 atom stereocenters. The van der Waals surface area contributed by atoms with Gasteiger partial charge >= 0.3 is 29.8 Å². The number of hydrogen-bond donors (Lipinski definition) is 0. The second-order valence-corrected chi connectivity index (χ2v) is 9.35. The molecule has 0 aromatic rings. The maximum Gasteiger partial charge on any atom is 0.303 e. The second-order valence-electron chi connectivity index (χ2n) is 7.98. The fourth-order valence-corrected chi connectivity index (χ4v) is 4.72. The summed E-state index contributed by atoms with van der Waals surface area (Å²) in [5, 5.41) is 0. The molecular weight excluding hydrogens is 504 g/mol. The molecule has 0 aromatic carbocycles. The SMILES string of the molecule is CCS[C@@H]1OC[C@@H](O[C@@H]2OC[C@H](OC(C)=O)[C@H](OC(C)=O)[C@H]2OC(C)=O)[C@H](OC(C)=O)[C@H]1OC(C)=O. The van der Waals surface area contributed by atoms with Crippen molar-refractivity contribution in [2.45, 2.75) is 89.9 Å². The van der Waals surface area contributed by atoms with Crippen molar-refractivity contribution in [2.24, 2.45) is 0 Å². The van der Waals surface area contributed by atoms with E-state index < -0.39 is 78.2 Å². The minimum Gasteiger partial charge on any atom is -0.456 e. The van der Waals surface area contributed by atoms with Crippen LogP contribution in [0.15, 0.2) is 0 Å². The third-order valence-corrected chi connectivity index (χ3v) is 6.00. The number of rotatable bonds is 9. The average molecular weight is 537 g/mol. The summed E-state index contributed by atoms with van der Waals surface area (Å²) >= 11 is 1.35. The quantitative estimate of drug-likeness (QED) is 0.296. The van der Waals surface area contributed by atoms with Crippen LogP contribution in [0.3, 0.4) is 0 Å². The van der Waals surface area contributed by atoms with E-state index in [1.54, 1.807) is 0 Å². The predicted molar refractivity (Wildman–Crippen MR) is 120 cm³/mol. The van der Waals surface area contributed by atoms with E-state index in [4.69, 9.17) is 37.9 Å². The van der Waals surface area contributed by atoms with Crippen molar-refractivity contribution < 1.29 is 61.9 Å². The molecule has 2 aliphatic heterocycles. The highest BCUT2D eigenvalue weighted by Crippen LogP contribution is 2.33. The van der Waals surface area contributed by atoms with Gasteiger partial charge in [-0.2, -0.15) is 0 Å². The second kappa shape index (κ2) is 13.8. The van der Waals surface area contributed by atoms with Gasteiger partial charge in [-0.1, -0.05) is 6.92 Å². The lowest BCUT2D eigenvalue weighted by atomic mass is 10.0. The van der Waals surface area contributed by atoms with Crippen LogP contribution >= 0.6 is 11.8 Å². The molecular formula is C22H32O13S. The molecule has 0 aromatic heterocycles. The Kier molecular flexibility index (Phi) is 11.4. The Labute approximate surface area is 212 Å². The summed E-state index contributed by atoms with van der Waals surface area (Å²) in [4.78, 5) is 58.9. The number of esters is 5. The first-order valence-corrected chi connectivity index (χ1v) is 12.3. The Morgan fingerprint density at radius 1 is 0.639 bits per heavy atom. The van der Waals surface area contributed by atoms with E-state index in [0.717, 1.165) is 20.8 Å². The smallest absolute Gasteiger partial charge is 0.303 e. The lowest BCUT2D eigenvalue weighted by molar-refractivity contribution is -0.312. The molecule has 0 spiro atoms. The first kappa shape index (κ1) is 29.8. The van der Waals surface area contributed by atoms with Crippen molar-refractivity contribution in [2.75, 3.05) is 19.0 Å². The Morgan fingerprint density at radius 2 is 1.08 bits per heavy atom. The maximum absolute atomic E-state index is 11.9. The first-order valence-electron chi connectivity index (χ1n) is 11.3. The molecule has 0 amide bonds. The van der Waals surface area contributed by atoms with Crippen molar-refractivity contribution >= 4 is 41.6 Å². The topological polar surface area (TPSA) is 159 Å². The molecule has 2 saturated heterocycles. The van der Waals surface area contributed by atoms with Crippen molar-refractivity contribution in [1.82, 2.24) is 0 Å². The van der Waals surface area contributed by atoms with Gasteiger partial charge < -0.3 is 37.9 Å². The van der Waals surface area contributed by atoms with Crippen molar-refractivity contribution in [3.8, 4) is 0 Å². The number of carbonyl (C=O) groups excluding carboxylic acids is 5. The lowest BCUT2D eigenvalue weighted by Crippen LogP contribution is -2.62. The molecule has 2 fully saturated rings. The van der Waals surface area contributed by atoms with Crippen LogP contribution in [0.2, 0.25) is 0 Å². The van der Waals surface area contributed by atoms with Crippen LogP contribution in [0.4, 0.5) is 0 Å². The zero-order chi connectivity index (χ0) is 27.0. The summed E-state index contributed by atoms with van der Waals surface area (Å²) in [5.74, 6) is -2.77. The molecule has 0 radical (unpaired) electrons. The van der Waals surface area contributed by atoms with Crippen LogP contribution in [0.25, 0.3) is 0 Å². The summed E-state index contributed by atoms with van der Waals surface area (Å²) in [5.41, 5.74) is -0.637. The minimum absolute atomic E-state index is 0.0916. The summed E-state index contributed by atoms with van der Waals surface area (Å²) in [7, 11) is 0. The van der Waals surface area contributed by atoms with E-state index in [9.17, 15) is 24.0 Å². The molecule has 13 nitrogen and oxygen atoms in total. The van der Waals surface area contributed by atoms with E-state index in [1.165, 1.54) is 25.6 Å². The van der Waals surface area contributed by atoms with Gasteiger partial charge in [-0.3, -0.25) is 24.0 Å². The zero-order valence-corrected chi connectivity index (χ0v) is 21.8. The standard InChI is InChI=1S/C22H32O13S/c1-7-36-22-20(34-14(6)27)18(32-12(4)25)16(9-29-22)35-21-19(33-13(5)26)17(31-11(3)24)15(8-28-21)30-10(2)23/h15-22H,7-9H2,1-6H3/t15-,16+,17-,18-,19+,20+,21-,22-/m0/s1. The van der Waals surface area contributed by atoms with Crippen molar-refractivity contribution in [3.63, 3.8) is 0 Å². The molecule has 2 rings (SSSR count). The Balaban J connectivity index is 2.36. The zero-order valence-electron chi connectivity index (χ0n) is 21.0. The fourth-order valence-electron chi connectivity index (χ4n) is 3.82. The number of hydrogen-bond acceptors (Lipinski definition) is 14. The molecule has 14 heteroatoms. The highest BCUT2D eigenvalue weighted by Gasteiger charge is 2.52. The van der Waals surface area contributed by atoms with Gasteiger partial charge in [0.05, 0.1) is 13.2 Å². The van der Waals surface area contributed by atoms with E-state index in [2.05, 4.69) is 0 Å². The third-order valence-electron chi connectivity index (χ3n) is 4.93. The summed E-state index contributed by atoms with van der Waals surface area (Å²) in [6.45, 7) is 7.38. The van der Waals surface area contributed by atoms with Gasteiger partial charge in [-0.15, -0.1) is 11.8 Å². The maximum atomic E-state index is 11.9. The van der Waals surface area contributed by atoms with Crippen LogP contribution < -0.4 is 0 Å². The van der Waals surface area contributed by atoms with Crippen LogP contribution in [-0.2, 0) is 61.9 Å². The Bertz CT molecular complexity index is 818. The van der Waals surface area contributed by atoms with Gasteiger partial charge in [0.25, 0.3) is 0 Å². The normalized spacial score (nSPS) is 32.1. The molecule has 36 heavy (non-hydrogen) atoms. The van der Waals surface area contributed by atoms with Crippen molar-refractivity contribution in [3.05, 3.63) is 0 Å². The summed E-state index contributed by atoms with van der Waals surface area (Å²) in [6.07, 6.45) is -8.16. The highest BCUT2D eigenvalue weighted by molar-refractivity contribution is 7.99. The molecule has 204 valence electrons. The van der Waals surface area contributed by atoms with E-state index in [0.29, 0.717) is 5.75 Å². The van der Waals surface area contributed by atoms with E-state index in [-0.39, 0.29) is 13.2 Å². The summed E-state index contributed by atoms with van der Waals surface area (Å²) in [6, 6.07) is 0. The number of ether oxygens (including phenoxy) is 8. The largest absolute Gasteiger partial charge is 0.456 e. The third kappa shape index (κ3) is 8.61. The van der Waals surface area contributed by atoms with Crippen LogP contribution in [0, 0.1) is 0 Å². The number of carbonyl (C=O) groups is 5. The Morgan fingerprint density at radius 3 is 1.58 bits per heavy atom. The molecule has 2 heterocycles.